The Morgan fingerprint density at radius 1 is 0.839 bits per heavy atom. The van der Waals surface area contributed by atoms with Gasteiger partial charge in [-0.1, -0.05) is 91.0 Å². The number of nitrogens with zero attached hydrogens (tertiary/aromatic N) is 3. The van der Waals surface area contributed by atoms with E-state index in [2.05, 4.69) is 12.1 Å². The molecule has 148 valence electrons. The first-order chi connectivity index (χ1) is 15.2. The van der Waals surface area contributed by atoms with Crippen LogP contribution in [0.4, 0.5) is 5.69 Å². The maximum absolute atomic E-state index is 13.9. The SMILES string of the molecule is N#CC1(C#N)[C@H](c2ccccc2)[C@@H](C(=O)c2ccccc2)N2c3ccccc3C=C[C@@H]21. The molecular formula is C27H19N3O. The average molecular weight is 401 g/mol. The van der Waals surface area contributed by atoms with Gasteiger partial charge in [-0.2, -0.15) is 10.5 Å². The number of hydrogen-bond donors (Lipinski definition) is 0. The first-order valence-corrected chi connectivity index (χ1v) is 10.2. The van der Waals surface area contributed by atoms with Gasteiger partial charge in [0.25, 0.3) is 0 Å². The van der Waals surface area contributed by atoms with Crippen LogP contribution in [-0.4, -0.2) is 17.9 Å². The Bertz CT molecular complexity index is 1240. The summed E-state index contributed by atoms with van der Waals surface area (Å²) in [4.78, 5) is 15.9. The standard InChI is InChI=1S/C27H19N3O/c28-17-27(18-29)23-16-15-19-9-7-8-14-22(19)30(23)25(24(27)20-10-3-1-4-11-20)26(31)21-12-5-2-6-13-21/h1-16,23-25H/t23-,24-,25+/m1/s1. The molecule has 0 aromatic heterocycles. The lowest BCUT2D eigenvalue weighted by atomic mass is 9.69. The van der Waals surface area contributed by atoms with E-state index >= 15 is 0 Å². The van der Waals surface area contributed by atoms with E-state index in [1.54, 1.807) is 12.1 Å². The van der Waals surface area contributed by atoms with Gasteiger partial charge in [-0.05, 0) is 17.2 Å². The molecule has 0 bridgehead atoms. The van der Waals surface area contributed by atoms with Crippen molar-refractivity contribution in [2.75, 3.05) is 4.90 Å². The molecule has 0 radical (unpaired) electrons. The predicted molar refractivity (Wildman–Crippen MR) is 119 cm³/mol. The summed E-state index contributed by atoms with van der Waals surface area (Å²) in [5, 5.41) is 20.7. The lowest BCUT2D eigenvalue weighted by molar-refractivity contribution is 0.0951. The van der Waals surface area contributed by atoms with E-state index < -0.39 is 23.4 Å². The first kappa shape index (κ1) is 18.9. The fraction of sp³-hybridized carbons (Fsp3) is 0.148. The highest BCUT2D eigenvalue weighted by Gasteiger charge is 2.63. The molecule has 2 aliphatic rings. The smallest absolute Gasteiger partial charge is 0.185 e. The van der Waals surface area contributed by atoms with Crippen molar-refractivity contribution in [2.24, 2.45) is 5.41 Å². The van der Waals surface area contributed by atoms with Gasteiger partial charge in [0, 0.05) is 17.2 Å². The van der Waals surface area contributed by atoms with Crippen LogP contribution in [0.1, 0.15) is 27.4 Å². The quantitative estimate of drug-likeness (QED) is 0.581. The summed E-state index contributed by atoms with van der Waals surface area (Å²) in [6.45, 7) is 0. The highest BCUT2D eigenvalue weighted by Crippen LogP contribution is 2.55. The zero-order chi connectivity index (χ0) is 21.4. The van der Waals surface area contributed by atoms with Crippen LogP contribution in [-0.2, 0) is 0 Å². The summed E-state index contributed by atoms with van der Waals surface area (Å²) >= 11 is 0. The number of hydrogen-bond acceptors (Lipinski definition) is 4. The molecule has 0 spiro atoms. The van der Waals surface area contributed by atoms with Gasteiger partial charge in [-0.3, -0.25) is 4.79 Å². The Hall–Kier alpha value is -4.15. The van der Waals surface area contributed by atoms with E-state index in [-0.39, 0.29) is 5.78 Å². The summed E-state index contributed by atoms with van der Waals surface area (Å²) in [5.41, 5.74) is 1.84. The van der Waals surface area contributed by atoms with Crippen LogP contribution in [0, 0.1) is 28.1 Å². The van der Waals surface area contributed by atoms with Gasteiger partial charge in [0.05, 0.1) is 18.2 Å². The molecule has 0 aliphatic carbocycles. The van der Waals surface area contributed by atoms with Gasteiger partial charge in [-0.25, -0.2) is 0 Å². The summed E-state index contributed by atoms with van der Waals surface area (Å²) in [5.74, 6) is -0.686. The first-order valence-electron chi connectivity index (χ1n) is 10.2. The third kappa shape index (κ3) is 2.70. The van der Waals surface area contributed by atoms with Crippen molar-refractivity contribution >= 4 is 17.5 Å². The fourth-order valence-corrected chi connectivity index (χ4v) is 5.04. The second kappa shape index (κ2) is 7.27. The molecule has 3 aromatic carbocycles. The molecule has 0 N–H and O–H groups in total. The van der Waals surface area contributed by atoms with Crippen LogP contribution >= 0.6 is 0 Å². The number of Topliss-reactive ketones (excluding diaryl/α,β-unsaturated/α-hetero) is 1. The molecule has 31 heavy (non-hydrogen) atoms. The van der Waals surface area contributed by atoms with Gasteiger partial charge in [0.1, 0.15) is 6.04 Å². The number of ketones is 1. The molecule has 0 unspecified atom stereocenters. The molecule has 3 aromatic rings. The Balaban J connectivity index is 1.79. The second-order valence-corrected chi connectivity index (χ2v) is 7.93. The van der Waals surface area contributed by atoms with E-state index in [4.69, 9.17) is 0 Å². The molecule has 1 saturated heterocycles. The van der Waals surface area contributed by atoms with Crippen LogP contribution in [0.25, 0.3) is 6.08 Å². The molecular weight excluding hydrogens is 382 g/mol. The molecule has 4 nitrogen and oxygen atoms in total. The van der Waals surface area contributed by atoms with Crippen molar-refractivity contribution in [1.29, 1.82) is 10.5 Å². The minimum absolute atomic E-state index is 0.0862. The monoisotopic (exact) mass is 401 g/mol. The minimum Gasteiger partial charge on any atom is -0.351 e. The Morgan fingerprint density at radius 3 is 2.13 bits per heavy atom. The number of rotatable bonds is 3. The van der Waals surface area contributed by atoms with Gasteiger partial charge < -0.3 is 4.90 Å². The third-order valence-corrected chi connectivity index (χ3v) is 6.40. The summed E-state index contributed by atoms with van der Waals surface area (Å²) in [6, 6.07) is 29.9. The van der Waals surface area contributed by atoms with Crippen molar-refractivity contribution in [3.63, 3.8) is 0 Å². The molecule has 2 aliphatic heterocycles. The van der Waals surface area contributed by atoms with E-state index in [9.17, 15) is 15.3 Å². The molecule has 0 saturated carbocycles. The highest BCUT2D eigenvalue weighted by molar-refractivity contribution is 6.04. The van der Waals surface area contributed by atoms with Gasteiger partial charge >= 0.3 is 0 Å². The second-order valence-electron chi connectivity index (χ2n) is 7.93. The van der Waals surface area contributed by atoms with Crippen molar-refractivity contribution in [2.45, 2.75) is 18.0 Å². The zero-order valence-electron chi connectivity index (χ0n) is 16.7. The number of carbonyl (C=O) groups is 1. The maximum Gasteiger partial charge on any atom is 0.185 e. The number of nitriles is 2. The van der Waals surface area contributed by atoms with Crippen molar-refractivity contribution in [3.05, 3.63) is 108 Å². The largest absolute Gasteiger partial charge is 0.351 e. The summed E-state index contributed by atoms with van der Waals surface area (Å²) in [6.07, 6.45) is 3.86. The van der Waals surface area contributed by atoms with Gasteiger partial charge in [-0.15, -0.1) is 0 Å². The lowest BCUT2D eigenvalue weighted by Gasteiger charge is -2.35. The van der Waals surface area contributed by atoms with Crippen molar-refractivity contribution < 1.29 is 4.79 Å². The van der Waals surface area contributed by atoms with Crippen LogP contribution in [0.5, 0.6) is 0 Å². The van der Waals surface area contributed by atoms with E-state index in [1.165, 1.54) is 0 Å². The maximum atomic E-state index is 13.9. The molecule has 4 heteroatoms. The Labute approximate surface area is 181 Å². The van der Waals surface area contributed by atoms with Crippen LogP contribution in [0.15, 0.2) is 91.0 Å². The topological polar surface area (TPSA) is 67.9 Å². The number of anilines is 1. The summed E-state index contributed by atoms with van der Waals surface area (Å²) in [7, 11) is 0. The van der Waals surface area contributed by atoms with Crippen LogP contribution in [0.3, 0.4) is 0 Å². The zero-order valence-corrected chi connectivity index (χ0v) is 16.7. The van der Waals surface area contributed by atoms with Crippen LogP contribution in [0.2, 0.25) is 0 Å². The number of benzene rings is 3. The average Bonchev–Trinajstić information content (AvgIpc) is 3.15. The Kier molecular flexibility index (Phi) is 4.42. The van der Waals surface area contributed by atoms with Crippen molar-refractivity contribution in [3.8, 4) is 12.1 Å². The predicted octanol–water partition coefficient (Wildman–Crippen LogP) is 4.97. The van der Waals surface area contributed by atoms with Gasteiger partial charge in [0.2, 0.25) is 0 Å². The molecule has 5 rings (SSSR count). The number of fused-ring (bicyclic) bond motifs is 3. The van der Waals surface area contributed by atoms with E-state index in [0.717, 1.165) is 16.8 Å². The lowest BCUT2D eigenvalue weighted by Crippen LogP contribution is -2.44. The normalized spacial score (nSPS) is 22.6. The van der Waals surface area contributed by atoms with Crippen molar-refractivity contribution in [1.82, 2.24) is 0 Å². The van der Waals surface area contributed by atoms with E-state index in [0.29, 0.717) is 5.56 Å². The van der Waals surface area contributed by atoms with Crippen LogP contribution < -0.4 is 4.90 Å². The molecule has 1 fully saturated rings. The van der Waals surface area contributed by atoms with Gasteiger partial charge in [0.15, 0.2) is 11.2 Å². The fourth-order valence-electron chi connectivity index (χ4n) is 5.04. The number of carbonyl (C=O) groups excluding carboxylic acids is 1. The Morgan fingerprint density at radius 2 is 1.45 bits per heavy atom. The van der Waals surface area contributed by atoms with E-state index in [1.807, 2.05) is 89.8 Å². The molecule has 3 atom stereocenters. The summed E-state index contributed by atoms with van der Waals surface area (Å²) < 4.78 is 0. The third-order valence-electron chi connectivity index (χ3n) is 6.40. The minimum atomic E-state index is -1.40. The molecule has 2 heterocycles. The highest BCUT2D eigenvalue weighted by atomic mass is 16.1. The number of para-hydroxylation sites is 1. The molecule has 0 amide bonds.